The van der Waals surface area contributed by atoms with Gasteiger partial charge in [-0.05, 0) is 56.2 Å². The van der Waals surface area contributed by atoms with Gasteiger partial charge in [0.25, 0.3) is 5.91 Å². The van der Waals surface area contributed by atoms with Crippen molar-refractivity contribution < 1.29 is 19.0 Å². The van der Waals surface area contributed by atoms with E-state index < -0.39 is 0 Å². The second kappa shape index (κ2) is 10.4. The van der Waals surface area contributed by atoms with Gasteiger partial charge >= 0.3 is 0 Å². The van der Waals surface area contributed by atoms with Crippen molar-refractivity contribution in [3.05, 3.63) is 52.3 Å². The van der Waals surface area contributed by atoms with E-state index in [0.29, 0.717) is 31.2 Å². The lowest BCUT2D eigenvalue weighted by Crippen LogP contribution is -2.20. The van der Waals surface area contributed by atoms with E-state index in [2.05, 4.69) is 4.99 Å². The molecule has 0 fully saturated rings. The Morgan fingerprint density at radius 2 is 1.97 bits per heavy atom. The predicted molar refractivity (Wildman–Crippen MR) is 119 cm³/mol. The molecule has 6 nitrogen and oxygen atoms in total. The van der Waals surface area contributed by atoms with Gasteiger partial charge in [0.2, 0.25) is 0 Å². The molecule has 0 bridgehead atoms. The van der Waals surface area contributed by atoms with E-state index in [-0.39, 0.29) is 12.3 Å². The quantitative estimate of drug-likeness (QED) is 0.481. The van der Waals surface area contributed by atoms with Crippen molar-refractivity contribution in [1.29, 1.82) is 0 Å². The molecule has 0 aliphatic carbocycles. The molecular weight excluding hydrogens is 400 g/mol. The molecule has 0 aliphatic heterocycles. The highest BCUT2D eigenvalue weighted by molar-refractivity contribution is 7.16. The number of amides is 1. The van der Waals surface area contributed by atoms with Crippen LogP contribution >= 0.6 is 11.3 Å². The fourth-order valence-corrected chi connectivity index (χ4v) is 4.38. The van der Waals surface area contributed by atoms with Crippen LogP contribution in [0.4, 0.5) is 0 Å². The largest absolute Gasteiger partial charge is 0.496 e. The summed E-state index contributed by atoms with van der Waals surface area (Å²) in [6.07, 6.45) is 0.245. The van der Waals surface area contributed by atoms with Crippen LogP contribution < -0.4 is 14.3 Å². The predicted octanol–water partition coefficient (Wildman–Crippen LogP) is 4.13. The number of aryl methyl sites for hydroxylation is 1. The molecule has 3 aromatic rings. The zero-order valence-corrected chi connectivity index (χ0v) is 18.8. The Hall–Kier alpha value is -2.64. The van der Waals surface area contributed by atoms with E-state index >= 15 is 0 Å². The molecule has 160 valence electrons. The van der Waals surface area contributed by atoms with Crippen molar-refractivity contribution in [2.75, 3.05) is 26.9 Å². The first-order valence-corrected chi connectivity index (χ1v) is 10.9. The Labute approximate surface area is 180 Å². The van der Waals surface area contributed by atoms with Gasteiger partial charge in [-0.3, -0.25) is 4.79 Å². The molecular formula is C23H28N2O4S. The second-order valence-electron chi connectivity index (χ2n) is 6.78. The molecule has 1 aromatic heterocycles. The summed E-state index contributed by atoms with van der Waals surface area (Å²) < 4.78 is 19.5. The van der Waals surface area contributed by atoms with Gasteiger partial charge in [-0.15, -0.1) is 0 Å². The topological polar surface area (TPSA) is 62.1 Å². The highest BCUT2D eigenvalue weighted by Crippen LogP contribution is 2.24. The normalized spacial score (nSPS) is 11.8. The van der Waals surface area contributed by atoms with Crippen molar-refractivity contribution >= 4 is 27.5 Å². The summed E-state index contributed by atoms with van der Waals surface area (Å²) in [6, 6.07) is 11.7. The number of carbonyl (C=O) groups excluding carboxylic acids is 1. The van der Waals surface area contributed by atoms with Crippen LogP contribution in [-0.2, 0) is 22.5 Å². The van der Waals surface area contributed by atoms with Gasteiger partial charge in [0.15, 0.2) is 4.80 Å². The highest BCUT2D eigenvalue weighted by Gasteiger charge is 2.10. The maximum atomic E-state index is 12.7. The van der Waals surface area contributed by atoms with E-state index in [1.54, 1.807) is 7.11 Å². The molecule has 7 heteroatoms. The molecule has 2 aromatic carbocycles. The Bertz CT molecular complexity index is 1080. The number of ether oxygens (including phenoxy) is 3. The third-order valence-corrected chi connectivity index (χ3v) is 5.70. The zero-order valence-electron chi connectivity index (χ0n) is 17.9. The first kappa shape index (κ1) is 22.1. The smallest absolute Gasteiger partial charge is 0.252 e. The van der Waals surface area contributed by atoms with E-state index in [9.17, 15) is 4.79 Å². The average Bonchev–Trinajstić information content (AvgIpc) is 3.05. The van der Waals surface area contributed by atoms with Gasteiger partial charge in [0, 0.05) is 13.2 Å². The minimum absolute atomic E-state index is 0.179. The summed E-state index contributed by atoms with van der Waals surface area (Å²) >= 11 is 1.49. The third kappa shape index (κ3) is 5.29. The number of thiazole rings is 1. The van der Waals surface area contributed by atoms with Crippen molar-refractivity contribution in [3.8, 4) is 11.5 Å². The van der Waals surface area contributed by atoms with E-state index in [0.717, 1.165) is 32.8 Å². The minimum Gasteiger partial charge on any atom is -0.496 e. The second-order valence-corrected chi connectivity index (χ2v) is 7.79. The number of carbonyl (C=O) groups is 1. The fourth-order valence-electron chi connectivity index (χ4n) is 3.28. The van der Waals surface area contributed by atoms with Crippen LogP contribution in [0, 0.1) is 6.92 Å². The van der Waals surface area contributed by atoms with Crippen LogP contribution in [0.3, 0.4) is 0 Å². The number of rotatable bonds is 9. The molecule has 0 spiro atoms. The SMILES string of the molecule is CCOCCn1c(=NC(=O)Cc2ccc(OC)c(C)c2)sc2cc(OCC)ccc21. The molecule has 0 saturated heterocycles. The van der Waals surface area contributed by atoms with E-state index in [1.165, 1.54) is 11.3 Å². The molecule has 30 heavy (non-hydrogen) atoms. The number of methoxy groups -OCH3 is 1. The molecule has 0 aliphatic rings. The van der Waals surface area contributed by atoms with Crippen molar-refractivity contribution in [2.24, 2.45) is 4.99 Å². The molecule has 0 atom stereocenters. The van der Waals surface area contributed by atoms with E-state index in [1.807, 2.05) is 61.7 Å². The molecule has 0 radical (unpaired) electrons. The molecule has 3 rings (SSSR count). The van der Waals surface area contributed by atoms with Gasteiger partial charge < -0.3 is 18.8 Å². The molecule has 1 heterocycles. The van der Waals surface area contributed by atoms with Gasteiger partial charge in [0.05, 0.1) is 37.0 Å². The van der Waals surface area contributed by atoms with Crippen molar-refractivity contribution in [2.45, 2.75) is 33.7 Å². The monoisotopic (exact) mass is 428 g/mol. The number of aromatic nitrogens is 1. The number of fused-ring (bicyclic) bond motifs is 1. The van der Waals surface area contributed by atoms with E-state index in [4.69, 9.17) is 14.2 Å². The lowest BCUT2D eigenvalue weighted by molar-refractivity contribution is -0.117. The zero-order chi connectivity index (χ0) is 21.5. The molecule has 0 N–H and O–H groups in total. The molecule has 0 unspecified atom stereocenters. The van der Waals surface area contributed by atoms with Gasteiger partial charge in [-0.25, -0.2) is 0 Å². The molecule has 0 saturated carbocycles. The lowest BCUT2D eigenvalue weighted by Gasteiger charge is -2.07. The third-order valence-electron chi connectivity index (χ3n) is 4.66. The number of nitrogens with zero attached hydrogens (tertiary/aromatic N) is 2. The Kier molecular flexibility index (Phi) is 7.65. The highest BCUT2D eigenvalue weighted by atomic mass is 32.1. The van der Waals surface area contributed by atoms with Gasteiger partial charge in [0.1, 0.15) is 11.5 Å². The fraction of sp³-hybridized carbons (Fsp3) is 0.391. The number of hydrogen-bond donors (Lipinski definition) is 0. The van der Waals surface area contributed by atoms with Crippen LogP contribution in [-0.4, -0.2) is 37.4 Å². The Morgan fingerprint density at radius 3 is 2.67 bits per heavy atom. The average molecular weight is 429 g/mol. The van der Waals surface area contributed by atoms with Crippen molar-refractivity contribution in [3.63, 3.8) is 0 Å². The first-order valence-electron chi connectivity index (χ1n) is 10.1. The first-order chi connectivity index (χ1) is 14.5. The summed E-state index contributed by atoms with van der Waals surface area (Å²) in [4.78, 5) is 17.8. The van der Waals surface area contributed by atoms with Crippen molar-refractivity contribution in [1.82, 2.24) is 4.57 Å². The number of benzene rings is 2. The maximum Gasteiger partial charge on any atom is 0.252 e. The van der Waals surface area contributed by atoms with Crippen LogP contribution in [0.15, 0.2) is 41.4 Å². The summed E-state index contributed by atoms with van der Waals surface area (Å²) in [5.74, 6) is 1.45. The van der Waals surface area contributed by atoms with Crippen LogP contribution in [0.2, 0.25) is 0 Å². The maximum absolute atomic E-state index is 12.7. The Morgan fingerprint density at radius 1 is 1.13 bits per heavy atom. The minimum atomic E-state index is -0.179. The Balaban J connectivity index is 1.93. The summed E-state index contributed by atoms with van der Waals surface area (Å²) in [5, 5.41) is 0. The van der Waals surface area contributed by atoms with Crippen LogP contribution in [0.25, 0.3) is 10.2 Å². The number of hydrogen-bond acceptors (Lipinski definition) is 5. The molecule has 1 amide bonds. The summed E-state index contributed by atoms with van der Waals surface area (Å²) in [6.45, 7) is 8.35. The summed E-state index contributed by atoms with van der Waals surface area (Å²) in [7, 11) is 1.64. The lowest BCUT2D eigenvalue weighted by atomic mass is 10.1. The van der Waals surface area contributed by atoms with Gasteiger partial charge in [-0.2, -0.15) is 4.99 Å². The van der Waals surface area contributed by atoms with Gasteiger partial charge in [-0.1, -0.05) is 23.5 Å². The summed E-state index contributed by atoms with van der Waals surface area (Å²) in [5.41, 5.74) is 2.94. The van der Waals surface area contributed by atoms with Crippen LogP contribution in [0.1, 0.15) is 25.0 Å². The standard InChI is InChI=1S/C23H28N2O4S/c1-5-28-12-11-25-19-9-8-18(29-6-2)15-21(19)30-23(25)24-22(26)14-17-7-10-20(27-4)16(3)13-17/h7-10,13,15H,5-6,11-12,14H2,1-4H3. The van der Waals surface area contributed by atoms with Crippen LogP contribution in [0.5, 0.6) is 11.5 Å².